The molecule has 1 aliphatic rings. The first-order valence-electron chi connectivity index (χ1n) is 10.2. The van der Waals surface area contributed by atoms with Crippen LogP contribution in [0.4, 0.5) is 17.5 Å². The standard InChI is InChI=1S/C21H24ClN7O2S/c1-15-2-3-17(10-19(15)22)27-21-26-13-18(16-11-23-14-24-12-16)20(28-21)25-4-5-29-6-8-32(30,31)9-7-29/h2-3,10-14H,4-9H2,1H3,(H2,25,26,27,28). The van der Waals surface area contributed by atoms with Crippen molar-refractivity contribution in [3.8, 4) is 11.1 Å². The Bertz CT molecular complexity index is 1180. The normalized spacial score (nSPS) is 15.9. The van der Waals surface area contributed by atoms with E-state index in [0.717, 1.165) is 22.4 Å². The summed E-state index contributed by atoms with van der Waals surface area (Å²) in [6.07, 6.45) is 6.61. The van der Waals surface area contributed by atoms with E-state index in [1.807, 2.05) is 25.1 Å². The van der Waals surface area contributed by atoms with Crippen LogP contribution in [0.15, 0.2) is 43.1 Å². The average molecular weight is 474 g/mol. The molecule has 0 atom stereocenters. The zero-order valence-electron chi connectivity index (χ0n) is 17.6. The molecule has 0 bridgehead atoms. The predicted molar refractivity (Wildman–Crippen MR) is 126 cm³/mol. The van der Waals surface area contributed by atoms with Crippen LogP contribution in [-0.4, -0.2) is 70.9 Å². The van der Waals surface area contributed by atoms with E-state index in [-0.39, 0.29) is 11.5 Å². The molecule has 1 fully saturated rings. The molecule has 11 heteroatoms. The molecule has 1 aliphatic heterocycles. The Morgan fingerprint density at radius 1 is 1.12 bits per heavy atom. The largest absolute Gasteiger partial charge is 0.368 e. The van der Waals surface area contributed by atoms with Crippen LogP contribution in [0.5, 0.6) is 0 Å². The van der Waals surface area contributed by atoms with Gasteiger partial charge >= 0.3 is 0 Å². The van der Waals surface area contributed by atoms with Crippen LogP contribution in [0, 0.1) is 6.92 Å². The van der Waals surface area contributed by atoms with Gasteiger partial charge in [-0.1, -0.05) is 17.7 Å². The van der Waals surface area contributed by atoms with Crippen LogP contribution in [0.2, 0.25) is 5.02 Å². The fraction of sp³-hybridized carbons (Fsp3) is 0.333. The molecule has 0 amide bonds. The monoisotopic (exact) mass is 473 g/mol. The number of nitrogens with one attached hydrogen (secondary N) is 2. The van der Waals surface area contributed by atoms with Crippen molar-refractivity contribution in [2.24, 2.45) is 0 Å². The van der Waals surface area contributed by atoms with E-state index in [1.165, 1.54) is 6.33 Å². The first-order valence-corrected chi connectivity index (χ1v) is 12.4. The third-order valence-corrected chi connectivity index (χ3v) is 7.26. The molecule has 2 N–H and O–H groups in total. The van der Waals surface area contributed by atoms with Gasteiger partial charge in [0.1, 0.15) is 12.1 Å². The van der Waals surface area contributed by atoms with Gasteiger partial charge in [-0.15, -0.1) is 0 Å². The highest BCUT2D eigenvalue weighted by Crippen LogP contribution is 2.27. The van der Waals surface area contributed by atoms with Gasteiger partial charge in [0.15, 0.2) is 9.84 Å². The van der Waals surface area contributed by atoms with E-state index in [1.54, 1.807) is 18.6 Å². The second kappa shape index (κ2) is 9.76. The highest BCUT2D eigenvalue weighted by Gasteiger charge is 2.21. The summed E-state index contributed by atoms with van der Waals surface area (Å²) >= 11 is 6.23. The van der Waals surface area contributed by atoms with Gasteiger partial charge in [0, 0.05) is 66.6 Å². The summed E-state index contributed by atoms with van der Waals surface area (Å²) in [5.74, 6) is 1.48. The number of benzene rings is 1. The molecular formula is C21H24ClN7O2S. The van der Waals surface area contributed by atoms with Crippen LogP contribution in [-0.2, 0) is 9.84 Å². The molecule has 1 saturated heterocycles. The van der Waals surface area contributed by atoms with Gasteiger partial charge in [0.25, 0.3) is 0 Å². The van der Waals surface area contributed by atoms with Crippen molar-refractivity contribution in [2.75, 3.05) is 48.3 Å². The molecule has 0 aliphatic carbocycles. The second-order valence-electron chi connectivity index (χ2n) is 7.59. The van der Waals surface area contributed by atoms with Crippen LogP contribution in [0.25, 0.3) is 11.1 Å². The van der Waals surface area contributed by atoms with Crippen LogP contribution in [0.1, 0.15) is 5.56 Å². The fourth-order valence-corrected chi connectivity index (χ4v) is 4.79. The molecule has 3 heterocycles. The maximum Gasteiger partial charge on any atom is 0.229 e. The summed E-state index contributed by atoms with van der Waals surface area (Å²) < 4.78 is 23.3. The third kappa shape index (κ3) is 5.70. The van der Waals surface area contributed by atoms with Gasteiger partial charge in [-0.2, -0.15) is 4.98 Å². The lowest BCUT2D eigenvalue weighted by atomic mass is 10.1. The predicted octanol–water partition coefficient (Wildman–Crippen LogP) is 2.78. The zero-order valence-corrected chi connectivity index (χ0v) is 19.2. The molecule has 9 nitrogen and oxygen atoms in total. The highest BCUT2D eigenvalue weighted by molar-refractivity contribution is 7.91. The summed E-state index contributed by atoms with van der Waals surface area (Å²) in [5, 5.41) is 7.21. The van der Waals surface area contributed by atoms with Gasteiger partial charge in [-0.25, -0.2) is 23.4 Å². The first-order chi connectivity index (χ1) is 15.4. The zero-order chi connectivity index (χ0) is 22.6. The topological polar surface area (TPSA) is 113 Å². The summed E-state index contributed by atoms with van der Waals surface area (Å²) in [6.45, 7) is 4.36. The minimum absolute atomic E-state index is 0.209. The molecule has 0 radical (unpaired) electrons. The summed E-state index contributed by atoms with van der Waals surface area (Å²) in [4.78, 5) is 19.4. The highest BCUT2D eigenvalue weighted by atomic mass is 35.5. The van der Waals surface area contributed by atoms with E-state index in [0.29, 0.717) is 43.0 Å². The average Bonchev–Trinajstić information content (AvgIpc) is 2.78. The third-order valence-electron chi connectivity index (χ3n) is 5.25. The lowest BCUT2D eigenvalue weighted by molar-refractivity contribution is 0.307. The van der Waals surface area contributed by atoms with Crippen molar-refractivity contribution in [1.82, 2.24) is 24.8 Å². The minimum Gasteiger partial charge on any atom is -0.368 e. The van der Waals surface area contributed by atoms with E-state index in [2.05, 4.69) is 35.5 Å². The fourth-order valence-electron chi connectivity index (χ4n) is 3.33. The lowest BCUT2D eigenvalue weighted by Crippen LogP contribution is -2.42. The summed E-state index contributed by atoms with van der Waals surface area (Å²) in [5.41, 5.74) is 3.35. The lowest BCUT2D eigenvalue weighted by Gasteiger charge is -2.26. The molecule has 32 heavy (non-hydrogen) atoms. The van der Waals surface area contributed by atoms with Crippen molar-refractivity contribution >= 4 is 38.9 Å². The van der Waals surface area contributed by atoms with E-state index in [4.69, 9.17) is 11.6 Å². The van der Waals surface area contributed by atoms with Crippen molar-refractivity contribution < 1.29 is 8.42 Å². The Balaban J connectivity index is 1.50. The van der Waals surface area contributed by atoms with Crippen LogP contribution >= 0.6 is 11.6 Å². The van der Waals surface area contributed by atoms with Crippen molar-refractivity contribution in [3.63, 3.8) is 0 Å². The number of rotatable bonds is 7. The molecule has 0 saturated carbocycles. The van der Waals surface area contributed by atoms with E-state index >= 15 is 0 Å². The SMILES string of the molecule is Cc1ccc(Nc2ncc(-c3cncnc3)c(NCCN3CCS(=O)(=O)CC3)n2)cc1Cl. The Kier molecular flexibility index (Phi) is 6.83. The second-order valence-corrected chi connectivity index (χ2v) is 10.3. The minimum atomic E-state index is -2.89. The number of anilines is 3. The quantitative estimate of drug-likeness (QED) is 0.534. The van der Waals surface area contributed by atoms with Crippen molar-refractivity contribution in [1.29, 1.82) is 0 Å². The number of sulfone groups is 1. The van der Waals surface area contributed by atoms with Crippen molar-refractivity contribution in [2.45, 2.75) is 6.92 Å². The number of hydrogen-bond donors (Lipinski definition) is 2. The molecule has 3 aromatic rings. The Labute approximate surface area is 192 Å². The molecule has 4 rings (SSSR count). The number of hydrogen-bond acceptors (Lipinski definition) is 9. The Morgan fingerprint density at radius 3 is 2.59 bits per heavy atom. The van der Waals surface area contributed by atoms with E-state index < -0.39 is 9.84 Å². The maximum atomic E-state index is 11.6. The molecule has 0 unspecified atom stereocenters. The smallest absolute Gasteiger partial charge is 0.229 e. The number of aryl methyl sites for hydroxylation is 1. The number of nitrogens with zero attached hydrogens (tertiary/aromatic N) is 5. The molecule has 0 spiro atoms. The Hall–Kier alpha value is -2.82. The molecule has 2 aromatic heterocycles. The summed E-state index contributed by atoms with van der Waals surface area (Å²) in [7, 11) is -2.89. The van der Waals surface area contributed by atoms with Gasteiger partial charge in [0.05, 0.1) is 11.5 Å². The van der Waals surface area contributed by atoms with Crippen LogP contribution < -0.4 is 10.6 Å². The summed E-state index contributed by atoms with van der Waals surface area (Å²) in [6, 6.07) is 5.68. The van der Waals surface area contributed by atoms with Gasteiger partial charge in [-0.3, -0.25) is 4.90 Å². The first kappa shape index (κ1) is 22.4. The van der Waals surface area contributed by atoms with Crippen LogP contribution in [0.3, 0.4) is 0 Å². The van der Waals surface area contributed by atoms with E-state index in [9.17, 15) is 8.42 Å². The molecule has 168 valence electrons. The maximum absolute atomic E-state index is 11.6. The number of aromatic nitrogens is 4. The number of halogens is 1. The van der Waals surface area contributed by atoms with Gasteiger partial charge in [0.2, 0.25) is 5.95 Å². The molecular weight excluding hydrogens is 450 g/mol. The van der Waals surface area contributed by atoms with Gasteiger partial charge < -0.3 is 10.6 Å². The Morgan fingerprint density at radius 2 is 1.88 bits per heavy atom. The van der Waals surface area contributed by atoms with Crippen molar-refractivity contribution in [3.05, 3.63) is 53.7 Å². The molecule has 1 aromatic carbocycles. The van der Waals surface area contributed by atoms with Gasteiger partial charge in [-0.05, 0) is 24.6 Å².